The highest BCUT2D eigenvalue weighted by molar-refractivity contribution is 7.89. The van der Waals surface area contributed by atoms with E-state index >= 15 is 0 Å². The summed E-state index contributed by atoms with van der Waals surface area (Å²) in [4.78, 5) is 15.3. The third kappa shape index (κ3) is 2.96. The van der Waals surface area contributed by atoms with Crippen molar-refractivity contribution >= 4 is 16.0 Å². The summed E-state index contributed by atoms with van der Waals surface area (Å²) in [7, 11) is -3.75. The van der Waals surface area contributed by atoms with Crippen molar-refractivity contribution in [3.63, 3.8) is 0 Å². The van der Waals surface area contributed by atoms with Gasteiger partial charge in [-0.2, -0.15) is 4.31 Å². The van der Waals surface area contributed by atoms with Crippen molar-refractivity contribution in [2.75, 3.05) is 6.54 Å². The van der Waals surface area contributed by atoms with E-state index in [0.717, 1.165) is 0 Å². The number of carbonyl (C=O) groups is 1. The number of carboxylic acids is 1. The molecule has 0 amide bonds. The highest BCUT2D eigenvalue weighted by atomic mass is 32.2. The SMILES string of the molecule is CCn1cc(S(=O)(=O)N2CC(C(=O)O)CCC2C)nc1C. The summed E-state index contributed by atoms with van der Waals surface area (Å²) in [6, 6.07) is -0.210. The Labute approximate surface area is 124 Å². The van der Waals surface area contributed by atoms with Crippen LogP contribution in [0.4, 0.5) is 0 Å². The summed E-state index contributed by atoms with van der Waals surface area (Å²) in [5, 5.41) is 9.12. The average molecular weight is 315 g/mol. The quantitative estimate of drug-likeness (QED) is 0.897. The molecule has 2 unspecified atom stereocenters. The molecule has 2 rings (SSSR count). The molecule has 1 fully saturated rings. The van der Waals surface area contributed by atoms with Gasteiger partial charge in [-0.05, 0) is 33.6 Å². The van der Waals surface area contributed by atoms with Crippen LogP contribution in [0.3, 0.4) is 0 Å². The third-order valence-electron chi connectivity index (χ3n) is 4.04. The topological polar surface area (TPSA) is 92.5 Å². The lowest BCUT2D eigenvalue weighted by Gasteiger charge is -2.34. The number of sulfonamides is 1. The van der Waals surface area contributed by atoms with Crippen LogP contribution in [-0.4, -0.2) is 45.9 Å². The first kappa shape index (κ1) is 16.0. The van der Waals surface area contributed by atoms with E-state index in [-0.39, 0.29) is 17.6 Å². The second-order valence-electron chi connectivity index (χ2n) is 5.45. The van der Waals surface area contributed by atoms with Gasteiger partial charge < -0.3 is 9.67 Å². The van der Waals surface area contributed by atoms with Crippen LogP contribution in [0.25, 0.3) is 0 Å². The predicted molar refractivity (Wildman–Crippen MR) is 76.4 cm³/mol. The Hall–Kier alpha value is -1.41. The number of piperidine rings is 1. The highest BCUT2D eigenvalue weighted by Gasteiger charge is 2.38. The van der Waals surface area contributed by atoms with E-state index in [0.29, 0.717) is 25.2 Å². The van der Waals surface area contributed by atoms with Gasteiger partial charge in [-0.3, -0.25) is 4.79 Å². The summed E-state index contributed by atoms with van der Waals surface area (Å²) in [5.74, 6) is -0.960. The van der Waals surface area contributed by atoms with E-state index in [9.17, 15) is 13.2 Å². The molecule has 1 aliphatic rings. The van der Waals surface area contributed by atoms with Gasteiger partial charge in [-0.15, -0.1) is 0 Å². The normalized spacial score (nSPS) is 24.1. The van der Waals surface area contributed by atoms with Gasteiger partial charge >= 0.3 is 5.97 Å². The lowest BCUT2D eigenvalue weighted by atomic mass is 9.96. The smallest absolute Gasteiger partial charge is 0.307 e. The zero-order chi connectivity index (χ0) is 15.8. The Morgan fingerprint density at radius 2 is 2.14 bits per heavy atom. The average Bonchev–Trinajstić information content (AvgIpc) is 2.80. The molecule has 1 aliphatic heterocycles. The first-order chi connectivity index (χ1) is 9.77. The molecule has 2 heterocycles. The van der Waals surface area contributed by atoms with Gasteiger partial charge in [0, 0.05) is 25.3 Å². The van der Waals surface area contributed by atoms with Gasteiger partial charge in [0.1, 0.15) is 5.82 Å². The lowest BCUT2D eigenvalue weighted by Crippen LogP contribution is -2.47. The van der Waals surface area contributed by atoms with Crippen molar-refractivity contribution in [1.29, 1.82) is 0 Å². The van der Waals surface area contributed by atoms with E-state index in [1.54, 1.807) is 18.4 Å². The minimum absolute atomic E-state index is 0.000242. The van der Waals surface area contributed by atoms with Crippen molar-refractivity contribution in [2.24, 2.45) is 5.92 Å². The standard InChI is InChI=1S/C13H21N3O4S/c1-4-15-8-12(14-10(15)3)21(19,20)16-7-11(13(17)18)6-5-9(16)2/h8-9,11H,4-7H2,1-3H3,(H,17,18). The summed E-state index contributed by atoms with van der Waals surface area (Å²) in [5.41, 5.74) is 0. The lowest BCUT2D eigenvalue weighted by molar-refractivity contribution is -0.143. The van der Waals surface area contributed by atoms with Gasteiger partial charge in [0.05, 0.1) is 5.92 Å². The van der Waals surface area contributed by atoms with Crippen molar-refractivity contribution in [3.05, 3.63) is 12.0 Å². The fourth-order valence-electron chi connectivity index (χ4n) is 2.66. The molecule has 0 radical (unpaired) electrons. The van der Waals surface area contributed by atoms with Crippen molar-refractivity contribution < 1.29 is 18.3 Å². The summed E-state index contributed by atoms with van der Waals surface area (Å²) in [6.45, 7) is 6.12. The number of rotatable bonds is 4. The van der Waals surface area contributed by atoms with Crippen molar-refractivity contribution in [3.8, 4) is 0 Å². The number of hydrogen-bond donors (Lipinski definition) is 1. The Balaban J connectivity index is 2.34. The second kappa shape index (κ2) is 5.76. The van der Waals surface area contributed by atoms with Gasteiger partial charge in [-0.1, -0.05) is 0 Å². The molecule has 1 saturated heterocycles. The molecular formula is C13H21N3O4S. The molecule has 1 N–H and O–H groups in total. The number of aryl methyl sites for hydroxylation is 2. The molecule has 0 spiro atoms. The molecule has 1 aromatic heterocycles. The van der Waals surface area contributed by atoms with E-state index in [1.165, 1.54) is 10.5 Å². The largest absolute Gasteiger partial charge is 0.481 e. The molecule has 118 valence electrons. The van der Waals surface area contributed by atoms with Gasteiger partial charge in [0.2, 0.25) is 0 Å². The Bertz CT molecular complexity index is 638. The maximum Gasteiger partial charge on any atom is 0.307 e. The number of hydrogen-bond acceptors (Lipinski definition) is 4. The third-order valence-corrected chi connectivity index (χ3v) is 5.89. The maximum atomic E-state index is 12.7. The predicted octanol–water partition coefficient (Wildman–Crippen LogP) is 1.09. The fraction of sp³-hybridized carbons (Fsp3) is 0.692. The minimum atomic E-state index is -3.75. The number of imidazole rings is 1. The van der Waals surface area contributed by atoms with Crippen molar-refractivity contribution in [1.82, 2.24) is 13.9 Å². The minimum Gasteiger partial charge on any atom is -0.481 e. The molecular weight excluding hydrogens is 294 g/mol. The number of aliphatic carboxylic acids is 1. The highest BCUT2D eigenvalue weighted by Crippen LogP contribution is 2.28. The monoisotopic (exact) mass is 315 g/mol. The van der Waals surface area contributed by atoms with Crippen LogP contribution in [0.15, 0.2) is 11.2 Å². The van der Waals surface area contributed by atoms with Crippen molar-refractivity contribution in [2.45, 2.75) is 51.2 Å². The molecule has 1 aromatic rings. The summed E-state index contributed by atoms with van der Waals surface area (Å²) >= 11 is 0. The number of aromatic nitrogens is 2. The van der Waals surface area contributed by atoms with Gasteiger partial charge in [-0.25, -0.2) is 13.4 Å². The summed E-state index contributed by atoms with van der Waals surface area (Å²) in [6.07, 6.45) is 2.57. The molecule has 0 bridgehead atoms. The molecule has 2 atom stereocenters. The summed E-state index contributed by atoms with van der Waals surface area (Å²) < 4.78 is 28.4. The molecule has 8 heteroatoms. The molecule has 21 heavy (non-hydrogen) atoms. The Morgan fingerprint density at radius 3 is 2.67 bits per heavy atom. The first-order valence-electron chi connectivity index (χ1n) is 7.05. The Kier molecular flexibility index (Phi) is 4.38. The van der Waals surface area contributed by atoms with Crippen LogP contribution in [0.5, 0.6) is 0 Å². The van der Waals surface area contributed by atoms with Gasteiger partial charge in [0.15, 0.2) is 5.03 Å². The van der Waals surface area contributed by atoms with Gasteiger partial charge in [0.25, 0.3) is 10.0 Å². The van der Waals surface area contributed by atoms with Crippen LogP contribution in [0, 0.1) is 12.8 Å². The van der Waals surface area contributed by atoms with E-state index in [2.05, 4.69) is 4.98 Å². The number of nitrogens with zero attached hydrogens (tertiary/aromatic N) is 3. The van der Waals surface area contributed by atoms with Crippen LogP contribution in [0.1, 0.15) is 32.5 Å². The molecule has 0 aromatic carbocycles. The Morgan fingerprint density at radius 1 is 1.48 bits per heavy atom. The number of carboxylic acid groups (broad SMARTS) is 1. The first-order valence-corrected chi connectivity index (χ1v) is 8.49. The zero-order valence-corrected chi connectivity index (χ0v) is 13.3. The van der Waals surface area contributed by atoms with Crippen LogP contribution in [-0.2, 0) is 21.4 Å². The zero-order valence-electron chi connectivity index (χ0n) is 12.5. The van der Waals surface area contributed by atoms with E-state index in [4.69, 9.17) is 5.11 Å². The molecule has 7 nitrogen and oxygen atoms in total. The fourth-order valence-corrected chi connectivity index (χ4v) is 4.36. The van der Waals surface area contributed by atoms with Crippen LogP contribution >= 0.6 is 0 Å². The maximum absolute atomic E-state index is 12.7. The molecule has 0 aliphatic carbocycles. The van der Waals surface area contributed by atoms with E-state index in [1.807, 2.05) is 6.92 Å². The van der Waals surface area contributed by atoms with Crippen LogP contribution in [0.2, 0.25) is 0 Å². The van der Waals surface area contributed by atoms with Crippen LogP contribution < -0.4 is 0 Å². The molecule has 0 saturated carbocycles. The van der Waals surface area contributed by atoms with E-state index < -0.39 is 21.9 Å². The second-order valence-corrected chi connectivity index (χ2v) is 7.29.